The highest BCUT2D eigenvalue weighted by molar-refractivity contribution is 6.00. The SMILES string of the molecule is COc1ccc(Cn2cc3c(F)c(N[C@H](CC(C)C)C(N)=O)nc(-c4ccco4)c3c2O)c(OC)c1. The van der Waals surface area contributed by atoms with Gasteiger partial charge < -0.3 is 34.6 Å². The number of anilines is 1. The second kappa shape index (κ2) is 10.2. The van der Waals surface area contributed by atoms with Crippen molar-refractivity contribution in [2.75, 3.05) is 19.5 Å². The maximum Gasteiger partial charge on any atom is 0.239 e. The highest BCUT2D eigenvalue weighted by Crippen LogP contribution is 2.40. The molecule has 4 aromatic rings. The topological polar surface area (TPSA) is 125 Å². The minimum atomic E-state index is -0.826. The number of nitrogens with two attached hydrogens (primary N) is 1. The van der Waals surface area contributed by atoms with Crippen LogP contribution in [0.5, 0.6) is 17.4 Å². The number of halogens is 1. The lowest BCUT2D eigenvalue weighted by molar-refractivity contribution is -0.119. The van der Waals surface area contributed by atoms with Gasteiger partial charge in [0.2, 0.25) is 11.8 Å². The number of aromatic nitrogens is 2. The molecular weight excluding hydrogens is 467 g/mol. The van der Waals surface area contributed by atoms with Gasteiger partial charge in [0, 0.05) is 23.2 Å². The molecule has 0 fully saturated rings. The zero-order valence-electron chi connectivity index (χ0n) is 20.5. The molecule has 0 spiro atoms. The van der Waals surface area contributed by atoms with Crippen LogP contribution in [0.3, 0.4) is 0 Å². The van der Waals surface area contributed by atoms with E-state index in [1.165, 1.54) is 24.1 Å². The van der Waals surface area contributed by atoms with Crippen molar-refractivity contribution in [2.24, 2.45) is 11.7 Å². The molecule has 1 aromatic carbocycles. The number of ether oxygens (including phenoxy) is 2. The summed E-state index contributed by atoms with van der Waals surface area (Å²) < 4.78 is 33.5. The summed E-state index contributed by atoms with van der Waals surface area (Å²) in [5.41, 5.74) is 6.52. The number of furan rings is 1. The van der Waals surface area contributed by atoms with E-state index in [2.05, 4.69) is 10.3 Å². The lowest BCUT2D eigenvalue weighted by atomic mass is 10.0. The van der Waals surface area contributed by atoms with E-state index in [4.69, 9.17) is 19.6 Å². The number of carbonyl (C=O) groups is 1. The number of nitrogens with zero attached hydrogens (tertiary/aromatic N) is 2. The van der Waals surface area contributed by atoms with Crippen molar-refractivity contribution in [1.82, 2.24) is 9.55 Å². The van der Waals surface area contributed by atoms with E-state index >= 15 is 4.39 Å². The van der Waals surface area contributed by atoms with Crippen molar-refractivity contribution in [3.63, 3.8) is 0 Å². The molecule has 9 nitrogen and oxygen atoms in total. The van der Waals surface area contributed by atoms with Gasteiger partial charge in [0.1, 0.15) is 23.2 Å². The van der Waals surface area contributed by atoms with Crippen LogP contribution in [-0.4, -0.2) is 40.8 Å². The van der Waals surface area contributed by atoms with Gasteiger partial charge in [-0.3, -0.25) is 4.79 Å². The molecule has 0 saturated heterocycles. The molecule has 190 valence electrons. The highest BCUT2D eigenvalue weighted by atomic mass is 19.1. The Morgan fingerprint density at radius 1 is 1.28 bits per heavy atom. The van der Waals surface area contributed by atoms with Crippen LogP contribution in [0.15, 0.2) is 47.2 Å². The number of fused-ring (bicyclic) bond motifs is 1. The van der Waals surface area contributed by atoms with Crippen LogP contribution in [0, 0.1) is 11.7 Å². The summed E-state index contributed by atoms with van der Waals surface area (Å²) in [5, 5.41) is 14.3. The molecule has 0 aliphatic carbocycles. The zero-order valence-corrected chi connectivity index (χ0v) is 20.5. The van der Waals surface area contributed by atoms with Crippen molar-refractivity contribution in [1.29, 1.82) is 0 Å². The minimum absolute atomic E-state index is 0.108. The molecule has 4 rings (SSSR count). The van der Waals surface area contributed by atoms with Crippen LogP contribution in [0.1, 0.15) is 25.8 Å². The molecule has 3 heterocycles. The summed E-state index contributed by atoms with van der Waals surface area (Å²) in [6.45, 7) is 4.06. The summed E-state index contributed by atoms with van der Waals surface area (Å²) in [4.78, 5) is 16.4. The molecule has 0 radical (unpaired) electrons. The molecule has 4 N–H and O–H groups in total. The Hall–Kier alpha value is -4.21. The number of aromatic hydroxyl groups is 1. The summed E-state index contributed by atoms with van der Waals surface area (Å²) in [6.07, 6.45) is 3.35. The van der Waals surface area contributed by atoms with E-state index in [-0.39, 0.29) is 40.6 Å². The zero-order chi connectivity index (χ0) is 26.0. The Balaban J connectivity index is 1.85. The van der Waals surface area contributed by atoms with Gasteiger partial charge in [0.05, 0.1) is 32.4 Å². The van der Waals surface area contributed by atoms with Gasteiger partial charge in [-0.15, -0.1) is 0 Å². The van der Waals surface area contributed by atoms with Gasteiger partial charge in [-0.05, 0) is 36.6 Å². The van der Waals surface area contributed by atoms with Gasteiger partial charge in [-0.25, -0.2) is 9.37 Å². The second-order valence-electron chi connectivity index (χ2n) is 8.88. The predicted octanol–water partition coefficient (Wildman–Crippen LogP) is 4.52. The number of rotatable bonds is 10. The second-order valence-corrected chi connectivity index (χ2v) is 8.88. The fraction of sp³-hybridized carbons (Fsp3) is 0.308. The van der Waals surface area contributed by atoms with E-state index in [0.717, 1.165) is 5.56 Å². The Labute approximate surface area is 207 Å². The van der Waals surface area contributed by atoms with Crippen molar-refractivity contribution in [3.8, 4) is 28.8 Å². The first-order valence-electron chi connectivity index (χ1n) is 11.4. The number of benzene rings is 1. The molecule has 0 bridgehead atoms. The molecule has 1 atom stereocenters. The highest BCUT2D eigenvalue weighted by Gasteiger charge is 2.26. The Bertz CT molecular complexity index is 1380. The predicted molar refractivity (Wildman–Crippen MR) is 134 cm³/mol. The van der Waals surface area contributed by atoms with Gasteiger partial charge in [0.15, 0.2) is 17.4 Å². The van der Waals surface area contributed by atoms with Crippen LogP contribution < -0.4 is 20.5 Å². The van der Waals surface area contributed by atoms with Gasteiger partial charge in [0.25, 0.3) is 0 Å². The van der Waals surface area contributed by atoms with Crippen molar-refractivity contribution < 1.29 is 28.2 Å². The van der Waals surface area contributed by atoms with Gasteiger partial charge in [-0.2, -0.15) is 0 Å². The molecule has 0 saturated carbocycles. The van der Waals surface area contributed by atoms with Crippen molar-refractivity contribution in [2.45, 2.75) is 32.9 Å². The normalized spacial score (nSPS) is 12.2. The largest absolute Gasteiger partial charge is 0.497 e. The summed E-state index contributed by atoms with van der Waals surface area (Å²) in [5.74, 6) is -0.0415. The number of carbonyl (C=O) groups excluding carboxylic acids is 1. The van der Waals surface area contributed by atoms with Crippen LogP contribution in [0.25, 0.3) is 22.2 Å². The first-order chi connectivity index (χ1) is 17.2. The standard InChI is InChI=1S/C26H29FN4O5/c1-14(2)10-18(24(28)32)29-25-22(27)17-13-31(12-15-7-8-16(34-3)11-20(15)35-4)26(33)21(17)23(30-25)19-6-5-9-36-19/h5-9,11,13-14,18,29,33H,10,12H2,1-4H3,(H2,28,32)/t18-/m1/s1. The lowest BCUT2D eigenvalue weighted by Gasteiger charge is -2.19. The summed E-state index contributed by atoms with van der Waals surface area (Å²) in [7, 11) is 3.09. The molecule has 3 aromatic heterocycles. The third-order valence-corrected chi connectivity index (χ3v) is 5.91. The van der Waals surface area contributed by atoms with E-state index in [9.17, 15) is 9.90 Å². The first-order valence-corrected chi connectivity index (χ1v) is 11.4. The average Bonchev–Trinajstić information content (AvgIpc) is 3.49. The Morgan fingerprint density at radius 2 is 2.06 bits per heavy atom. The molecular formula is C26H29FN4O5. The molecule has 0 unspecified atom stereocenters. The number of pyridine rings is 1. The number of primary amides is 1. The number of amides is 1. The molecule has 0 aliphatic rings. The average molecular weight is 497 g/mol. The van der Waals surface area contributed by atoms with Gasteiger partial charge in [-0.1, -0.05) is 13.8 Å². The lowest BCUT2D eigenvalue weighted by Crippen LogP contribution is -2.37. The molecule has 10 heteroatoms. The fourth-order valence-electron chi connectivity index (χ4n) is 4.15. The molecule has 0 aliphatic heterocycles. The summed E-state index contributed by atoms with van der Waals surface area (Å²) >= 11 is 0. The van der Waals surface area contributed by atoms with Crippen LogP contribution >= 0.6 is 0 Å². The van der Waals surface area contributed by atoms with E-state index in [1.54, 1.807) is 37.4 Å². The first kappa shape index (κ1) is 24.9. The van der Waals surface area contributed by atoms with E-state index in [0.29, 0.717) is 23.7 Å². The number of hydrogen-bond donors (Lipinski definition) is 3. The smallest absolute Gasteiger partial charge is 0.239 e. The van der Waals surface area contributed by atoms with Crippen LogP contribution in [-0.2, 0) is 11.3 Å². The van der Waals surface area contributed by atoms with Gasteiger partial charge >= 0.3 is 0 Å². The third kappa shape index (κ3) is 4.79. The maximum atomic E-state index is 15.8. The monoisotopic (exact) mass is 496 g/mol. The Morgan fingerprint density at radius 3 is 2.67 bits per heavy atom. The van der Waals surface area contributed by atoms with E-state index < -0.39 is 17.8 Å². The van der Waals surface area contributed by atoms with Crippen molar-refractivity contribution in [3.05, 3.63) is 54.2 Å². The van der Waals surface area contributed by atoms with Crippen LogP contribution in [0.4, 0.5) is 10.2 Å². The minimum Gasteiger partial charge on any atom is -0.497 e. The number of nitrogens with one attached hydrogen (secondary N) is 1. The maximum absolute atomic E-state index is 15.8. The van der Waals surface area contributed by atoms with E-state index in [1.807, 2.05) is 13.8 Å². The molecule has 1 amide bonds. The fourth-order valence-corrected chi connectivity index (χ4v) is 4.15. The van der Waals surface area contributed by atoms with Crippen molar-refractivity contribution >= 4 is 22.5 Å². The van der Waals surface area contributed by atoms with Crippen LogP contribution in [0.2, 0.25) is 0 Å². The molecule has 36 heavy (non-hydrogen) atoms. The third-order valence-electron chi connectivity index (χ3n) is 5.91. The Kier molecular flexibility index (Phi) is 7.05. The quantitative estimate of drug-likeness (QED) is 0.295. The summed E-state index contributed by atoms with van der Waals surface area (Å²) in [6, 6.07) is 7.81. The number of hydrogen-bond acceptors (Lipinski definition) is 7. The number of methoxy groups -OCH3 is 2.